The van der Waals surface area contributed by atoms with Gasteiger partial charge >= 0.3 is 0 Å². The van der Waals surface area contributed by atoms with E-state index in [0.717, 1.165) is 11.1 Å². The summed E-state index contributed by atoms with van der Waals surface area (Å²) < 4.78 is 0. The van der Waals surface area contributed by atoms with E-state index in [4.69, 9.17) is 16.7 Å². The Kier molecular flexibility index (Phi) is 4.75. The average molecular weight is 187 g/mol. The van der Waals surface area contributed by atoms with Gasteiger partial charge in [0, 0.05) is 5.02 Å². The van der Waals surface area contributed by atoms with Crippen LogP contribution in [0.5, 0.6) is 5.75 Å². The number of hydrogen-bond donors (Lipinski definition) is 1. The Labute approximate surface area is 79.0 Å². The first-order valence-corrected chi connectivity index (χ1v) is 4.45. The molecule has 0 bridgehead atoms. The van der Waals surface area contributed by atoms with Crippen LogP contribution in [0, 0.1) is 13.8 Å². The van der Waals surface area contributed by atoms with Crippen molar-refractivity contribution in [3.63, 3.8) is 0 Å². The monoisotopic (exact) mass is 186 g/mol. The fourth-order valence-corrected chi connectivity index (χ4v) is 1.06. The van der Waals surface area contributed by atoms with Crippen LogP contribution >= 0.6 is 11.6 Å². The molecule has 12 heavy (non-hydrogen) atoms. The smallest absolute Gasteiger partial charge is 0.117 e. The summed E-state index contributed by atoms with van der Waals surface area (Å²) in [6.45, 7) is 7.85. The number of hydrogen-bond acceptors (Lipinski definition) is 1. The molecule has 1 rings (SSSR count). The lowest BCUT2D eigenvalue weighted by molar-refractivity contribution is 0.475. The highest BCUT2D eigenvalue weighted by Crippen LogP contribution is 2.24. The largest absolute Gasteiger partial charge is 0.508 e. The maximum absolute atomic E-state index is 9.03. The Hall–Kier alpha value is -0.690. The standard InChI is InChI=1S/C8H9ClO.C2H6/c1-5-3-7(10)4-8(9)6(5)2;1-2/h3-4,10H,1-2H3;1-2H3. The van der Waals surface area contributed by atoms with Crippen LogP contribution in [0.2, 0.25) is 5.02 Å². The van der Waals surface area contributed by atoms with Crippen molar-refractivity contribution in [3.05, 3.63) is 28.3 Å². The summed E-state index contributed by atoms with van der Waals surface area (Å²) >= 11 is 5.76. The van der Waals surface area contributed by atoms with Crippen molar-refractivity contribution < 1.29 is 5.11 Å². The average Bonchev–Trinajstić information content (AvgIpc) is 2.04. The zero-order valence-electron chi connectivity index (χ0n) is 7.98. The quantitative estimate of drug-likeness (QED) is 0.655. The molecular formula is C10H15ClO. The first-order valence-electron chi connectivity index (χ1n) is 4.07. The van der Waals surface area contributed by atoms with Gasteiger partial charge in [0.1, 0.15) is 5.75 Å². The fourth-order valence-electron chi connectivity index (χ4n) is 0.798. The summed E-state index contributed by atoms with van der Waals surface area (Å²) in [6, 6.07) is 3.24. The van der Waals surface area contributed by atoms with Gasteiger partial charge in [0.05, 0.1) is 0 Å². The summed E-state index contributed by atoms with van der Waals surface area (Å²) in [5.74, 6) is 0.230. The highest BCUT2D eigenvalue weighted by atomic mass is 35.5. The van der Waals surface area contributed by atoms with Crippen LogP contribution in [0.4, 0.5) is 0 Å². The molecule has 1 nitrogen and oxygen atoms in total. The molecule has 0 amide bonds. The first kappa shape index (κ1) is 11.3. The van der Waals surface area contributed by atoms with E-state index in [1.165, 1.54) is 0 Å². The highest BCUT2D eigenvalue weighted by molar-refractivity contribution is 6.31. The molecule has 0 unspecified atom stereocenters. The normalized spacial score (nSPS) is 8.75. The summed E-state index contributed by atoms with van der Waals surface area (Å²) in [5, 5.41) is 9.66. The van der Waals surface area contributed by atoms with Crippen molar-refractivity contribution in [3.8, 4) is 5.75 Å². The number of halogens is 1. The minimum atomic E-state index is 0.230. The third-order valence-corrected chi connectivity index (χ3v) is 1.98. The topological polar surface area (TPSA) is 20.2 Å². The number of aryl methyl sites for hydroxylation is 1. The predicted molar refractivity (Wildman–Crippen MR) is 53.9 cm³/mol. The van der Waals surface area contributed by atoms with E-state index >= 15 is 0 Å². The number of aromatic hydroxyl groups is 1. The molecule has 0 aliphatic rings. The van der Waals surface area contributed by atoms with Gasteiger partial charge in [-0.3, -0.25) is 0 Å². The number of benzene rings is 1. The minimum Gasteiger partial charge on any atom is -0.508 e. The lowest BCUT2D eigenvalue weighted by Gasteiger charge is -2.02. The molecule has 68 valence electrons. The molecule has 0 radical (unpaired) electrons. The number of phenols is 1. The second-order valence-corrected chi connectivity index (χ2v) is 2.78. The van der Waals surface area contributed by atoms with Crippen LogP contribution in [-0.2, 0) is 0 Å². The molecule has 0 aliphatic heterocycles. The Bertz CT molecular complexity index is 233. The van der Waals surface area contributed by atoms with Gasteiger partial charge in [-0.2, -0.15) is 0 Å². The summed E-state index contributed by atoms with van der Waals surface area (Å²) in [7, 11) is 0. The van der Waals surface area contributed by atoms with Crippen molar-refractivity contribution in [2.45, 2.75) is 27.7 Å². The van der Waals surface area contributed by atoms with Gasteiger partial charge in [0.15, 0.2) is 0 Å². The molecule has 0 spiro atoms. The summed E-state index contributed by atoms with van der Waals surface area (Å²) in [4.78, 5) is 0. The molecule has 0 atom stereocenters. The zero-order chi connectivity index (χ0) is 9.72. The van der Waals surface area contributed by atoms with Gasteiger partial charge in [-0.05, 0) is 37.1 Å². The second-order valence-electron chi connectivity index (χ2n) is 2.37. The van der Waals surface area contributed by atoms with Gasteiger partial charge in [0.2, 0.25) is 0 Å². The lowest BCUT2D eigenvalue weighted by Crippen LogP contribution is -1.80. The third kappa shape index (κ3) is 2.74. The second kappa shape index (κ2) is 5.04. The molecule has 0 heterocycles. The van der Waals surface area contributed by atoms with Gasteiger partial charge in [-0.25, -0.2) is 0 Å². The number of rotatable bonds is 0. The van der Waals surface area contributed by atoms with Gasteiger partial charge in [-0.1, -0.05) is 25.4 Å². The Balaban J connectivity index is 0.000000561. The molecular weight excluding hydrogens is 172 g/mol. The molecule has 0 saturated carbocycles. The Morgan fingerprint density at radius 2 is 1.67 bits per heavy atom. The van der Waals surface area contributed by atoms with Crippen LogP contribution in [0.3, 0.4) is 0 Å². The van der Waals surface area contributed by atoms with Crippen molar-refractivity contribution >= 4 is 11.6 Å². The van der Waals surface area contributed by atoms with Gasteiger partial charge in [-0.15, -0.1) is 0 Å². The molecule has 1 aromatic rings. The molecule has 0 aromatic heterocycles. The maximum atomic E-state index is 9.03. The Morgan fingerprint density at radius 3 is 2.08 bits per heavy atom. The van der Waals surface area contributed by atoms with Crippen LogP contribution in [0.25, 0.3) is 0 Å². The molecule has 2 heteroatoms. The van der Waals surface area contributed by atoms with Crippen LogP contribution in [0.1, 0.15) is 25.0 Å². The van der Waals surface area contributed by atoms with E-state index in [-0.39, 0.29) is 5.75 Å². The van der Waals surface area contributed by atoms with E-state index in [1.807, 2.05) is 27.7 Å². The van der Waals surface area contributed by atoms with Crippen molar-refractivity contribution in [2.24, 2.45) is 0 Å². The maximum Gasteiger partial charge on any atom is 0.117 e. The van der Waals surface area contributed by atoms with Gasteiger partial charge < -0.3 is 5.11 Å². The summed E-state index contributed by atoms with van der Waals surface area (Å²) in [5.41, 5.74) is 2.05. The van der Waals surface area contributed by atoms with E-state index in [0.29, 0.717) is 5.02 Å². The highest BCUT2D eigenvalue weighted by Gasteiger charge is 1.99. The molecule has 1 N–H and O–H groups in total. The van der Waals surface area contributed by atoms with Crippen molar-refractivity contribution in [2.75, 3.05) is 0 Å². The lowest BCUT2D eigenvalue weighted by atomic mass is 10.1. The molecule has 0 fully saturated rings. The number of phenolic OH excluding ortho intramolecular Hbond substituents is 1. The third-order valence-electron chi connectivity index (χ3n) is 1.59. The minimum absolute atomic E-state index is 0.230. The van der Waals surface area contributed by atoms with E-state index in [1.54, 1.807) is 12.1 Å². The van der Waals surface area contributed by atoms with Crippen molar-refractivity contribution in [1.29, 1.82) is 0 Å². The van der Waals surface area contributed by atoms with E-state index in [9.17, 15) is 0 Å². The molecule has 1 aromatic carbocycles. The predicted octanol–water partition coefficient (Wildman–Crippen LogP) is 3.69. The van der Waals surface area contributed by atoms with Crippen LogP contribution < -0.4 is 0 Å². The fraction of sp³-hybridized carbons (Fsp3) is 0.400. The Morgan fingerprint density at radius 1 is 1.17 bits per heavy atom. The molecule has 0 aliphatic carbocycles. The van der Waals surface area contributed by atoms with E-state index < -0.39 is 0 Å². The zero-order valence-corrected chi connectivity index (χ0v) is 8.74. The molecule has 0 saturated heterocycles. The van der Waals surface area contributed by atoms with Crippen LogP contribution in [-0.4, -0.2) is 5.11 Å². The van der Waals surface area contributed by atoms with E-state index in [2.05, 4.69) is 0 Å². The van der Waals surface area contributed by atoms with Crippen molar-refractivity contribution in [1.82, 2.24) is 0 Å². The SMILES string of the molecule is CC.Cc1cc(O)cc(Cl)c1C. The van der Waals surface area contributed by atoms with Gasteiger partial charge in [0.25, 0.3) is 0 Å². The van der Waals surface area contributed by atoms with Crippen LogP contribution in [0.15, 0.2) is 12.1 Å². The summed E-state index contributed by atoms with van der Waals surface area (Å²) in [6.07, 6.45) is 0. The first-order chi connectivity index (χ1) is 5.61.